The van der Waals surface area contributed by atoms with Gasteiger partial charge in [-0.3, -0.25) is 0 Å². The molecule has 1 aromatic rings. The fourth-order valence-corrected chi connectivity index (χ4v) is 1.69. The van der Waals surface area contributed by atoms with Crippen molar-refractivity contribution in [2.75, 3.05) is 23.3 Å². The van der Waals surface area contributed by atoms with E-state index in [4.69, 9.17) is 0 Å². The molecule has 0 aromatic carbocycles. The average molecular weight is 444 g/mol. The molecule has 1 N–H and O–H groups in total. The Labute approximate surface area is 128 Å². The number of aliphatic imine (C=N–C) groups is 2. The molecule has 0 aliphatic rings. The molecule has 7 nitrogen and oxygen atoms in total. The Balaban J connectivity index is 2.97. The third kappa shape index (κ3) is 5.09. The molecule has 8 heteroatoms. The molecule has 106 valence electrons. The standard InChI is InChI=1S/C12H16N6O.W/c1-5-18(7-11(19)14-4)10-6-9(2)16-12(17-10)15-8-13-3;/h3,6,8H,4-5,7H2,1-2H3,(H,15,16,17);. The Morgan fingerprint density at radius 2 is 2.35 bits per heavy atom. The van der Waals surface area contributed by atoms with Crippen molar-refractivity contribution in [1.29, 1.82) is 0 Å². The molecular weight excluding hydrogens is 428 g/mol. The summed E-state index contributed by atoms with van der Waals surface area (Å²) in [5.74, 6) is 0.819. The first-order valence-electron chi connectivity index (χ1n) is 5.92. The predicted molar refractivity (Wildman–Crippen MR) is 77.4 cm³/mol. The SMILES string of the molecule is C=NC(=O)CN(CC)c1cc(C)nc(NC=N[CH]=[W])n1. The Hall–Kier alpha value is -1.75. The third-order valence-corrected chi connectivity index (χ3v) is 2.82. The van der Waals surface area contributed by atoms with Crippen molar-refractivity contribution in [1.82, 2.24) is 9.97 Å². The zero-order valence-corrected chi connectivity index (χ0v) is 14.3. The number of anilines is 2. The number of rotatable bonds is 7. The van der Waals surface area contributed by atoms with Gasteiger partial charge in [0.05, 0.1) is 0 Å². The van der Waals surface area contributed by atoms with Crippen molar-refractivity contribution >= 4 is 35.3 Å². The molecule has 0 saturated heterocycles. The van der Waals surface area contributed by atoms with Gasteiger partial charge in [0.1, 0.15) is 0 Å². The minimum atomic E-state index is -0.289. The van der Waals surface area contributed by atoms with Gasteiger partial charge in [0.2, 0.25) is 0 Å². The van der Waals surface area contributed by atoms with Gasteiger partial charge in [-0.1, -0.05) is 0 Å². The summed E-state index contributed by atoms with van der Waals surface area (Å²) in [6.45, 7) is 7.83. The fourth-order valence-electron chi connectivity index (χ4n) is 1.47. The fraction of sp³-hybridized carbons (Fsp3) is 0.333. The van der Waals surface area contributed by atoms with Gasteiger partial charge < -0.3 is 0 Å². The van der Waals surface area contributed by atoms with Gasteiger partial charge in [-0.05, 0) is 0 Å². The molecule has 1 rings (SSSR count). The number of hydrogen-bond donors (Lipinski definition) is 1. The van der Waals surface area contributed by atoms with Crippen molar-refractivity contribution in [2.45, 2.75) is 13.8 Å². The molecule has 0 aliphatic heterocycles. The second-order valence-corrected chi connectivity index (χ2v) is 4.54. The Morgan fingerprint density at radius 3 is 2.95 bits per heavy atom. The first-order valence-corrected chi connectivity index (χ1v) is 7.62. The summed E-state index contributed by atoms with van der Waals surface area (Å²) < 4.78 is 1.73. The van der Waals surface area contributed by atoms with Crippen LogP contribution in [0.2, 0.25) is 0 Å². The molecule has 0 atom stereocenters. The van der Waals surface area contributed by atoms with Gasteiger partial charge in [-0.25, -0.2) is 0 Å². The van der Waals surface area contributed by atoms with Crippen molar-refractivity contribution < 1.29 is 24.1 Å². The number of nitrogens with one attached hydrogen (secondary N) is 1. The van der Waals surface area contributed by atoms with Crippen LogP contribution < -0.4 is 10.2 Å². The maximum atomic E-state index is 11.4. The van der Waals surface area contributed by atoms with Crippen molar-refractivity contribution in [3.05, 3.63) is 11.8 Å². The van der Waals surface area contributed by atoms with E-state index in [1.807, 2.05) is 24.8 Å². The molecule has 1 heterocycles. The van der Waals surface area contributed by atoms with E-state index in [9.17, 15) is 4.79 Å². The molecule has 0 bridgehead atoms. The van der Waals surface area contributed by atoms with Gasteiger partial charge in [-0.15, -0.1) is 0 Å². The van der Waals surface area contributed by atoms with Gasteiger partial charge in [0.25, 0.3) is 0 Å². The molecule has 0 radical (unpaired) electrons. The number of aromatic nitrogens is 2. The van der Waals surface area contributed by atoms with Crippen LogP contribution in [-0.4, -0.2) is 46.5 Å². The van der Waals surface area contributed by atoms with Gasteiger partial charge in [0, 0.05) is 0 Å². The van der Waals surface area contributed by atoms with E-state index in [0.29, 0.717) is 18.3 Å². The first kappa shape index (κ1) is 16.3. The van der Waals surface area contributed by atoms with Gasteiger partial charge in [0.15, 0.2) is 0 Å². The molecule has 20 heavy (non-hydrogen) atoms. The summed E-state index contributed by atoms with van der Waals surface area (Å²) in [4.78, 5) is 29.2. The number of carbonyl (C=O) groups is 1. The summed E-state index contributed by atoms with van der Waals surface area (Å²) in [5.41, 5.74) is 0.800. The summed E-state index contributed by atoms with van der Waals surface area (Å²) in [5, 5.41) is 2.89. The van der Waals surface area contributed by atoms with Crippen LogP contribution in [-0.2, 0) is 24.1 Å². The monoisotopic (exact) mass is 444 g/mol. The molecule has 1 amide bonds. The van der Waals surface area contributed by atoms with E-state index >= 15 is 0 Å². The number of likely N-dealkylation sites (N-methyl/N-ethyl adjacent to an activating group) is 1. The number of amides is 1. The van der Waals surface area contributed by atoms with Crippen LogP contribution in [0.4, 0.5) is 11.8 Å². The summed E-state index contributed by atoms with van der Waals surface area (Å²) in [6, 6.07) is 1.82. The van der Waals surface area contributed by atoms with E-state index < -0.39 is 0 Å². The molecule has 0 spiro atoms. The number of hydrogen-bond acceptors (Lipinski definition) is 5. The molecule has 0 aliphatic carbocycles. The zero-order valence-electron chi connectivity index (χ0n) is 11.4. The van der Waals surface area contributed by atoms with E-state index in [0.717, 1.165) is 5.69 Å². The molecule has 0 unspecified atom stereocenters. The molecule has 0 fully saturated rings. The minimum absolute atomic E-state index is 0.149. The average Bonchev–Trinajstić information content (AvgIpc) is 2.44. The Kier molecular flexibility index (Phi) is 6.87. The van der Waals surface area contributed by atoms with Crippen LogP contribution in [0.25, 0.3) is 0 Å². The second kappa shape index (κ2) is 8.43. The Morgan fingerprint density at radius 1 is 1.60 bits per heavy atom. The quantitative estimate of drug-likeness (QED) is 0.492. The van der Waals surface area contributed by atoms with Crippen LogP contribution in [0, 0.1) is 6.92 Å². The number of carbonyl (C=O) groups excluding carboxylic acids is 1. The molecular formula is C12H16N6OW. The maximum absolute atomic E-state index is 11.4. The van der Waals surface area contributed by atoms with Crippen molar-refractivity contribution in [3.63, 3.8) is 0 Å². The van der Waals surface area contributed by atoms with Crippen molar-refractivity contribution in [3.8, 4) is 0 Å². The van der Waals surface area contributed by atoms with E-state index in [-0.39, 0.29) is 12.5 Å². The van der Waals surface area contributed by atoms with Crippen LogP contribution in [0.1, 0.15) is 12.6 Å². The predicted octanol–water partition coefficient (Wildman–Crippen LogP) is 0.585. The summed E-state index contributed by atoms with van der Waals surface area (Å²) in [7, 11) is 0. The van der Waals surface area contributed by atoms with Gasteiger partial charge in [-0.2, -0.15) is 0 Å². The molecule has 0 saturated carbocycles. The van der Waals surface area contributed by atoms with E-state index in [1.165, 1.54) is 25.7 Å². The van der Waals surface area contributed by atoms with Gasteiger partial charge >= 0.3 is 128 Å². The Bertz CT molecular complexity index is 531. The normalized spacial score (nSPS) is 10.3. The number of nitrogens with zero attached hydrogens (tertiary/aromatic N) is 5. The van der Waals surface area contributed by atoms with Crippen LogP contribution in [0.15, 0.2) is 16.1 Å². The zero-order chi connectivity index (χ0) is 15.0. The van der Waals surface area contributed by atoms with Crippen LogP contribution >= 0.6 is 0 Å². The van der Waals surface area contributed by atoms with E-state index in [1.54, 1.807) is 4.52 Å². The number of aryl methyl sites for hydroxylation is 1. The summed E-state index contributed by atoms with van der Waals surface area (Å²) >= 11 is 1.26. The topological polar surface area (TPSA) is 82.8 Å². The van der Waals surface area contributed by atoms with E-state index in [2.05, 4.69) is 32.0 Å². The van der Waals surface area contributed by atoms with Crippen LogP contribution in [0.5, 0.6) is 0 Å². The first-order chi connectivity index (χ1) is 9.60. The second-order valence-electron chi connectivity index (χ2n) is 3.79. The third-order valence-electron chi connectivity index (χ3n) is 2.38. The van der Waals surface area contributed by atoms with Crippen LogP contribution in [0.3, 0.4) is 0 Å². The molecule has 1 aromatic heterocycles. The summed E-state index contributed by atoms with van der Waals surface area (Å²) in [6.07, 6.45) is 1.53. The van der Waals surface area contributed by atoms with Crippen molar-refractivity contribution in [2.24, 2.45) is 9.98 Å².